The van der Waals surface area contributed by atoms with Crippen LogP contribution in [0.4, 0.5) is 0 Å². The van der Waals surface area contributed by atoms with Crippen LogP contribution in [-0.4, -0.2) is 17.7 Å². The molecule has 0 saturated carbocycles. The molecule has 0 aromatic heterocycles. The summed E-state index contributed by atoms with van der Waals surface area (Å²) in [5, 5.41) is 14.5. The molecule has 258 valence electrons. The van der Waals surface area contributed by atoms with Crippen LogP contribution in [0.25, 0.3) is 0 Å². The van der Waals surface area contributed by atoms with E-state index in [1.54, 1.807) is 0 Å². The van der Waals surface area contributed by atoms with Gasteiger partial charge in [0.1, 0.15) is 0 Å². The Hall–Kier alpha value is -4.14. The molecule has 0 radical (unpaired) electrons. The van der Waals surface area contributed by atoms with Gasteiger partial charge in [0.25, 0.3) is 0 Å². The van der Waals surface area contributed by atoms with E-state index in [4.69, 9.17) is 0 Å². The van der Waals surface area contributed by atoms with Gasteiger partial charge in [0.2, 0.25) is 0 Å². The maximum Gasteiger partial charge on any atom is 0.0963 e. The molecule has 4 unspecified atom stereocenters. The molecule has 0 aromatic carbocycles. The van der Waals surface area contributed by atoms with Crippen LogP contribution in [0.5, 0.6) is 0 Å². The second-order valence-electron chi connectivity index (χ2n) is 14.9. The predicted octanol–water partition coefficient (Wildman–Crippen LogP) is 12.0. The first-order valence-electron chi connectivity index (χ1n) is 19.4. The summed E-state index contributed by atoms with van der Waals surface area (Å²) in [6, 6.07) is 0.491. The summed E-state index contributed by atoms with van der Waals surface area (Å²) < 4.78 is 0. The molecule has 7 aliphatic carbocycles. The lowest BCUT2D eigenvalue weighted by atomic mass is 9.73. The summed E-state index contributed by atoms with van der Waals surface area (Å²) in [6.45, 7) is 5.47. The Morgan fingerprint density at radius 3 is 2.54 bits per heavy atom. The van der Waals surface area contributed by atoms with Crippen molar-refractivity contribution in [1.82, 2.24) is 5.32 Å². The summed E-state index contributed by atoms with van der Waals surface area (Å²) in [7, 11) is 0. The predicted molar refractivity (Wildman–Crippen MR) is 212 cm³/mol. The van der Waals surface area contributed by atoms with Gasteiger partial charge >= 0.3 is 0 Å². The van der Waals surface area contributed by atoms with E-state index in [2.05, 4.69) is 133 Å². The highest BCUT2D eigenvalue weighted by Gasteiger charge is 2.29. The van der Waals surface area contributed by atoms with E-state index < -0.39 is 0 Å². The van der Waals surface area contributed by atoms with Gasteiger partial charge in [-0.2, -0.15) is 0 Å². The number of aliphatic hydroxyl groups is 1. The Labute approximate surface area is 301 Å². The van der Waals surface area contributed by atoms with Crippen molar-refractivity contribution < 1.29 is 5.11 Å². The summed E-state index contributed by atoms with van der Waals surface area (Å²) in [5.74, 6) is 2.44. The number of aliphatic hydroxyl groups excluding tert-OH is 1. The topological polar surface area (TPSA) is 32.3 Å². The smallest absolute Gasteiger partial charge is 0.0963 e. The zero-order chi connectivity index (χ0) is 34.1. The third-order valence-corrected chi connectivity index (χ3v) is 11.6. The first-order valence-corrected chi connectivity index (χ1v) is 19.4. The normalized spacial score (nSPS) is 28.3. The highest BCUT2D eigenvalue weighted by molar-refractivity contribution is 5.57. The highest BCUT2D eigenvalue weighted by atomic mass is 16.3. The average Bonchev–Trinajstić information content (AvgIpc) is 3.18. The van der Waals surface area contributed by atoms with E-state index in [0.29, 0.717) is 29.6 Å². The van der Waals surface area contributed by atoms with Gasteiger partial charge in [-0.05, 0) is 122 Å². The van der Waals surface area contributed by atoms with Crippen molar-refractivity contribution >= 4 is 0 Å². The number of nitrogens with one attached hydrogen (secondary N) is 1. The molecule has 7 rings (SSSR count). The van der Waals surface area contributed by atoms with Crippen molar-refractivity contribution in [2.24, 2.45) is 23.7 Å². The van der Waals surface area contributed by atoms with Crippen LogP contribution in [0.2, 0.25) is 0 Å². The maximum absolute atomic E-state index is 10.8. The van der Waals surface area contributed by atoms with Crippen LogP contribution < -0.4 is 5.32 Å². The maximum atomic E-state index is 10.8. The van der Waals surface area contributed by atoms with Crippen molar-refractivity contribution in [3.63, 3.8) is 0 Å². The van der Waals surface area contributed by atoms with Crippen LogP contribution in [0, 0.1) is 23.7 Å². The van der Waals surface area contributed by atoms with E-state index in [1.165, 1.54) is 46.3 Å². The molecule has 0 saturated heterocycles. The fourth-order valence-electron chi connectivity index (χ4n) is 8.70. The van der Waals surface area contributed by atoms with E-state index in [9.17, 15) is 5.11 Å². The summed E-state index contributed by atoms with van der Waals surface area (Å²) in [4.78, 5) is 0. The zero-order valence-electron chi connectivity index (χ0n) is 29.8. The fraction of sp³-hybridized carbons (Fsp3) is 0.375. The minimum Gasteiger partial charge on any atom is -0.512 e. The molecule has 0 heterocycles. The third-order valence-electron chi connectivity index (χ3n) is 11.6. The molecular formula is C48H55NO. The van der Waals surface area contributed by atoms with Crippen molar-refractivity contribution in [2.75, 3.05) is 6.54 Å². The van der Waals surface area contributed by atoms with Crippen molar-refractivity contribution in [3.05, 3.63) is 178 Å². The lowest BCUT2D eigenvalue weighted by molar-refractivity contribution is 0.372. The first kappa shape index (κ1) is 34.3. The molecule has 2 nitrogen and oxygen atoms in total. The van der Waals surface area contributed by atoms with Crippen LogP contribution >= 0.6 is 0 Å². The minimum atomic E-state index is 0.264. The second-order valence-corrected chi connectivity index (χ2v) is 14.9. The average molecular weight is 662 g/mol. The summed E-state index contributed by atoms with van der Waals surface area (Å²) >= 11 is 0. The van der Waals surface area contributed by atoms with Crippen LogP contribution in [0.1, 0.15) is 77.0 Å². The second kappa shape index (κ2) is 16.7. The first-order chi connectivity index (χ1) is 24.6. The van der Waals surface area contributed by atoms with Gasteiger partial charge in [-0.1, -0.05) is 134 Å². The largest absolute Gasteiger partial charge is 0.512 e. The molecule has 2 N–H and O–H groups in total. The molecule has 4 atom stereocenters. The molecular weight excluding hydrogens is 607 g/mol. The lowest BCUT2D eigenvalue weighted by Crippen LogP contribution is -2.31. The van der Waals surface area contributed by atoms with Gasteiger partial charge in [0.15, 0.2) is 0 Å². The van der Waals surface area contributed by atoms with Crippen molar-refractivity contribution in [3.8, 4) is 0 Å². The number of rotatable bonds is 11. The Kier molecular flexibility index (Phi) is 11.5. The minimum absolute atomic E-state index is 0.264. The number of hydrogen-bond acceptors (Lipinski definition) is 2. The van der Waals surface area contributed by atoms with Gasteiger partial charge in [0.05, 0.1) is 5.76 Å². The Morgan fingerprint density at radius 1 is 0.840 bits per heavy atom. The number of hydrogen-bond donors (Lipinski definition) is 2. The van der Waals surface area contributed by atoms with Gasteiger partial charge in [-0.15, -0.1) is 0 Å². The Bertz CT molecular complexity index is 1740. The molecule has 0 fully saturated rings. The van der Waals surface area contributed by atoms with E-state index in [0.717, 1.165) is 81.9 Å². The molecule has 0 bridgehead atoms. The highest BCUT2D eigenvalue weighted by Crippen LogP contribution is 2.42. The molecule has 0 aliphatic heterocycles. The van der Waals surface area contributed by atoms with Gasteiger partial charge in [-0.25, -0.2) is 0 Å². The molecule has 0 spiro atoms. The monoisotopic (exact) mass is 661 g/mol. The fourth-order valence-corrected chi connectivity index (χ4v) is 8.70. The third kappa shape index (κ3) is 8.41. The van der Waals surface area contributed by atoms with Crippen LogP contribution in [-0.2, 0) is 0 Å². The van der Waals surface area contributed by atoms with E-state index in [1.807, 2.05) is 0 Å². The summed E-state index contributed by atoms with van der Waals surface area (Å²) in [6.07, 6.45) is 59.1. The molecule has 0 aromatic rings. The van der Waals surface area contributed by atoms with Crippen molar-refractivity contribution in [1.29, 1.82) is 0 Å². The van der Waals surface area contributed by atoms with Gasteiger partial charge in [0, 0.05) is 30.2 Å². The van der Waals surface area contributed by atoms with Crippen LogP contribution in [0.3, 0.4) is 0 Å². The van der Waals surface area contributed by atoms with Gasteiger partial charge < -0.3 is 10.4 Å². The standard InChI is InChI=1S/C48H55NO/c1-35(14-9-10-31-49-44-29-27-37(28-30-44)36-15-3-2-4-16-36)38-17-11-18-39(32-38)40-19-12-20-41(33-40)42-21-13-22-43(34-42)45-23-5-6-24-46(45)47-25-7-8-26-48(47)50/h3-7,9,13-16,18-19,21-23,25,27,29,32-33,36-37,43-44,46,49-50H,1-2,8,10-12,17,20,24,26,28,30-31,34H2/b14-9-. The van der Waals surface area contributed by atoms with Crippen LogP contribution in [0.15, 0.2) is 178 Å². The lowest BCUT2D eigenvalue weighted by Gasteiger charge is -2.32. The van der Waals surface area contributed by atoms with E-state index >= 15 is 0 Å². The quantitative estimate of drug-likeness (QED) is 0.131. The Balaban J connectivity index is 0.924. The zero-order valence-corrected chi connectivity index (χ0v) is 29.8. The molecule has 50 heavy (non-hydrogen) atoms. The summed E-state index contributed by atoms with van der Waals surface area (Å²) in [5.41, 5.74) is 10.7. The molecule has 2 heteroatoms. The molecule has 0 amide bonds. The van der Waals surface area contributed by atoms with E-state index in [-0.39, 0.29) is 5.92 Å². The Morgan fingerprint density at radius 2 is 1.70 bits per heavy atom. The van der Waals surface area contributed by atoms with Crippen molar-refractivity contribution in [2.45, 2.75) is 83.1 Å². The molecule has 7 aliphatic rings. The van der Waals surface area contributed by atoms with Gasteiger partial charge in [-0.3, -0.25) is 0 Å². The SMILES string of the molecule is C=C(/C=C\CCNC1C=CC(C2C=CCC=C2)CC1)C1=CC(C2=CCCC(C3=CC=CC(C4=CC=CCC4C4=C(O)CCC=C4)C3)=C2)=CCC1. The number of allylic oxidation sites excluding steroid dienone is 27.